The van der Waals surface area contributed by atoms with E-state index in [1.54, 1.807) is 13.8 Å². The molecule has 0 aromatic carbocycles. The molecule has 1 N–H and O–H groups in total. The number of rotatable bonds is 49. The van der Waals surface area contributed by atoms with Crippen molar-refractivity contribution in [2.24, 2.45) is 11.3 Å². The molecular weight excluding hydrogens is 999 g/mol. The van der Waals surface area contributed by atoms with Crippen LogP contribution in [0.2, 0.25) is 0 Å². The van der Waals surface area contributed by atoms with Crippen LogP contribution in [0.25, 0.3) is 0 Å². The third-order valence-corrected chi connectivity index (χ3v) is 13.2. The lowest BCUT2D eigenvalue weighted by Gasteiger charge is -2.20. The first kappa shape index (κ1) is 70.0. The maximum absolute atomic E-state index is 12.1. The van der Waals surface area contributed by atoms with Gasteiger partial charge in [-0.15, -0.1) is 0 Å². The molecule has 1 aliphatic rings. The summed E-state index contributed by atoms with van der Waals surface area (Å²) in [6.07, 6.45) is 22.6. The van der Waals surface area contributed by atoms with Crippen LogP contribution in [-0.4, -0.2) is 120 Å². The SMILES string of the molecule is CCC(C)(C)C(=O)OCCNC(=O)OCCCCCC(=O)OCCCCCC(=O)OCCCCCC(=O)OCCCCCC(=O)OCCCCCC(=O)OCCCCCC(=O)OCCCCCC(=O)OCC1CCCCC1. The van der Waals surface area contributed by atoms with Gasteiger partial charge in [0.2, 0.25) is 0 Å². The minimum absolute atomic E-state index is 0.0739. The molecular formula is C58H99NO18. The zero-order valence-electron chi connectivity index (χ0n) is 47.5. The van der Waals surface area contributed by atoms with Crippen molar-refractivity contribution in [3.63, 3.8) is 0 Å². The number of hydrogen-bond donors (Lipinski definition) is 1. The van der Waals surface area contributed by atoms with Gasteiger partial charge in [-0.3, -0.25) is 38.4 Å². The topological polar surface area (TPSA) is 249 Å². The van der Waals surface area contributed by atoms with E-state index in [4.69, 9.17) is 42.6 Å². The molecule has 77 heavy (non-hydrogen) atoms. The van der Waals surface area contributed by atoms with Gasteiger partial charge in [-0.1, -0.05) is 26.2 Å². The fourth-order valence-corrected chi connectivity index (χ4v) is 7.88. The standard InChI is InChI=1S/C58H99NO18/c1-4-58(2,3)56(67)75-46-38-59-57(68)76-45-28-12-20-36-54(65)73-43-26-10-18-34-52(63)71-41-24-8-16-32-50(61)69-39-22-6-15-31-49(60)70-40-23-7-17-33-51(62)72-42-25-9-19-35-53(64)74-44-27-11-21-37-55(66)77-47-48-29-13-5-14-30-48/h48H,4-47H2,1-3H3,(H,59,68). The Labute approximate surface area is 460 Å². The second-order valence-corrected chi connectivity index (χ2v) is 20.6. The van der Waals surface area contributed by atoms with Crippen LogP contribution in [0.4, 0.5) is 4.79 Å². The van der Waals surface area contributed by atoms with Gasteiger partial charge < -0.3 is 47.9 Å². The summed E-state index contributed by atoms with van der Waals surface area (Å²) in [6, 6.07) is 0. The monoisotopic (exact) mass is 1100 g/mol. The third kappa shape index (κ3) is 44.7. The highest BCUT2D eigenvalue weighted by atomic mass is 16.6. The van der Waals surface area contributed by atoms with E-state index in [0.717, 1.165) is 64.2 Å². The number of hydrogen-bond acceptors (Lipinski definition) is 18. The lowest BCUT2D eigenvalue weighted by Crippen LogP contribution is -2.32. The summed E-state index contributed by atoms with van der Waals surface area (Å²) in [4.78, 5) is 108. The van der Waals surface area contributed by atoms with Crippen molar-refractivity contribution in [2.45, 2.75) is 239 Å². The Morgan fingerprint density at radius 2 is 0.636 bits per heavy atom. The fraction of sp³-hybridized carbons (Fsp3) is 0.845. The highest BCUT2D eigenvalue weighted by molar-refractivity contribution is 5.76. The summed E-state index contributed by atoms with van der Waals surface area (Å²) in [5.41, 5.74) is -0.560. The molecule has 1 amide bonds. The molecule has 0 atom stereocenters. The van der Waals surface area contributed by atoms with Crippen molar-refractivity contribution in [1.82, 2.24) is 5.32 Å². The van der Waals surface area contributed by atoms with Gasteiger partial charge in [0.15, 0.2) is 0 Å². The van der Waals surface area contributed by atoms with Gasteiger partial charge in [0.25, 0.3) is 0 Å². The molecule has 0 bridgehead atoms. The van der Waals surface area contributed by atoms with E-state index in [-0.39, 0.29) is 100.0 Å². The predicted molar refractivity (Wildman–Crippen MR) is 287 cm³/mol. The number of carbonyl (C=O) groups is 9. The zero-order chi connectivity index (χ0) is 56.5. The van der Waals surface area contributed by atoms with Crippen LogP contribution in [0.5, 0.6) is 0 Å². The minimum atomic E-state index is -0.584. The Hall–Kier alpha value is -4.97. The molecule has 0 heterocycles. The Bertz CT molecular complexity index is 1630. The first-order chi connectivity index (χ1) is 37.2. The maximum atomic E-state index is 12.1. The quantitative estimate of drug-likeness (QED) is 0.0338. The molecule has 1 rings (SSSR count). The summed E-state index contributed by atoms with van der Waals surface area (Å²) in [5.74, 6) is -1.53. The number of carbonyl (C=O) groups excluding carboxylic acids is 9. The van der Waals surface area contributed by atoms with Crippen LogP contribution in [-0.2, 0) is 81.0 Å². The van der Waals surface area contributed by atoms with E-state index in [1.807, 2.05) is 6.92 Å². The average molecular weight is 1100 g/mol. The number of ether oxygens (including phenoxy) is 9. The van der Waals surface area contributed by atoms with Crippen molar-refractivity contribution in [2.75, 3.05) is 66.0 Å². The Balaban J connectivity index is 1.81. The van der Waals surface area contributed by atoms with Crippen molar-refractivity contribution >= 4 is 53.8 Å². The normalized spacial score (nSPS) is 12.5. The number of nitrogens with one attached hydrogen (secondary N) is 1. The van der Waals surface area contributed by atoms with Crippen LogP contribution < -0.4 is 5.32 Å². The highest BCUT2D eigenvalue weighted by Gasteiger charge is 2.27. The molecule has 444 valence electrons. The zero-order valence-corrected chi connectivity index (χ0v) is 47.5. The van der Waals surface area contributed by atoms with Gasteiger partial charge >= 0.3 is 53.8 Å². The molecule has 19 nitrogen and oxygen atoms in total. The van der Waals surface area contributed by atoms with Crippen LogP contribution >= 0.6 is 0 Å². The molecule has 0 unspecified atom stereocenters. The van der Waals surface area contributed by atoms with Crippen molar-refractivity contribution in [1.29, 1.82) is 0 Å². The van der Waals surface area contributed by atoms with E-state index in [9.17, 15) is 43.2 Å². The van der Waals surface area contributed by atoms with Crippen LogP contribution in [0.3, 0.4) is 0 Å². The van der Waals surface area contributed by atoms with Crippen LogP contribution in [0.1, 0.15) is 239 Å². The number of amides is 1. The van der Waals surface area contributed by atoms with E-state index >= 15 is 0 Å². The molecule has 1 aliphatic carbocycles. The molecule has 0 saturated heterocycles. The summed E-state index contributed by atoms with van der Waals surface area (Å²) in [5, 5.41) is 2.54. The maximum Gasteiger partial charge on any atom is 0.407 e. The number of unbranched alkanes of at least 4 members (excludes halogenated alkanes) is 14. The van der Waals surface area contributed by atoms with Gasteiger partial charge in [-0.05, 0) is 174 Å². The molecule has 0 aliphatic heterocycles. The molecule has 1 fully saturated rings. The van der Waals surface area contributed by atoms with Gasteiger partial charge in [-0.25, -0.2) is 4.79 Å². The fourth-order valence-electron chi connectivity index (χ4n) is 7.88. The predicted octanol–water partition coefficient (Wildman–Crippen LogP) is 11.0. The number of esters is 8. The van der Waals surface area contributed by atoms with E-state index in [0.29, 0.717) is 155 Å². The van der Waals surface area contributed by atoms with Gasteiger partial charge in [0.1, 0.15) is 6.61 Å². The molecule has 0 radical (unpaired) electrons. The Morgan fingerprint density at radius 1 is 0.351 bits per heavy atom. The van der Waals surface area contributed by atoms with Crippen molar-refractivity contribution in [3.8, 4) is 0 Å². The smallest absolute Gasteiger partial charge is 0.407 e. The minimum Gasteiger partial charge on any atom is -0.466 e. The first-order valence-electron chi connectivity index (χ1n) is 29.4. The second-order valence-electron chi connectivity index (χ2n) is 20.6. The molecule has 0 spiro atoms. The van der Waals surface area contributed by atoms with Crippen LogP contribution in [0.15, 0.2) is 0 Å². The molecule has 19 heteroatoms. The molecule has 1 saturated carbocycles. The summed E-state index contributed by atoms with van der Waals surface area (Å²) < 4.78 is 47.4. The van der Waals surface area contributed by atoms with Gasteiger partial charge in [-0.2, -0.15) is 0 Å². The lowest BCUT2D eigenvalue weighted by atomic mass is 9.90. The van der Waals surface area contributed by atoms with Gasteiger partial charge in [0.05, 0.1) is 64.8 Å². The first-order valence-corrected chi connectivity index (χ1v) is 29.4. The molecule has 0 aromatic heterocycles. The number of alkyl carbamates (subject to hydrolysis) is 1. The van der Waals surface area contributed by atoms with Crippen molar-refractivity contribution < 1.29 is 85.8 Å². The highest BCUT2D eigenvalue weighted by Crippen LogP contribution is 2.24. The lowest BCUT2D eigenvalue weighted by molar-refractivity contribution is -0.154. The molecule has 0 aromatic rings. The summed E-state index contributed by atoms with van der Waals surface area (Å²) >= 11 is 0. The average Bonchev–Trinajstić information content (AvgIpc) is 3.41. The summed E-state index contributed by atoms with van der Waals surface area (Å²) in [6.45, 7) is 8.35. The van der Waals surface area contributed by atoms with Crippen LogP contribution in [0, 0.1) is 11.3 Å². The largest absolute Gasteiger partial charge is 0.466 e. The third-order valence-electron chi connectivity index (χ3n) is 13.2. The van der Waals surface area contributed by atoms with Crippen molar-refractivity contribution in [3.05, 3.63) is 0 Å². The summed E-state index contributed by atoms with van der Waals surface area (Å²) in [7, 11) is 0. The van der Waals surface area contributed by atoms with E-state index in [2.05, 4.69) is 5.32 Å². The van der Waals surface area contributed by atoms with Gasteiger partial charge in [0, 0.05) is 44.9 Å². The Kier molecular flexibility index (Phi) is 43.8. The van der Waals surface area contributed by atoms with E-state index < -0.39 is 11.5 Å². The Morgan fingerprint density at radius 3 is 0.935 bits per heavy atom. The van der Waals surface area contributed by atoms with E-state index in [1.165, 1.54) is 19.3 Å². The second kappa shape index (κ2) is 48.2.